The van der Waals surface area contributed by atoms with Gasteiger partial charge in [-0.05, 0) is 26.6 Å². The van der Waals surface area contributed by atoms with Crippen LogP contribution >= 0.6 is 11.6 Å². The van der Waals surface area contributed by atoms with Gasteiger partial charge in [0.15, 0.2) is 0 Å². The topological polar surface area (TPSA) is 53.9 Å². The van der Waals surface area contributed by atoms with Crippen LogP contribution in [0.2, 0.25) is 5.02 Å². The van der Waals surface area contributed by atoms with Crippen LogP contribution in [0.4, 0.5) is 4.79 Å². The van der Waals surface area contributed by atoms with Crippen molar-refractivity contribution in [1.82, 2.24) is 10.2 Å². The highest BCUT2D eigenvalue weighted by molar-refractivity contribution is 6.31. The molecule has 142 valence electrons. The van der Waals surface area contributed by atoms with E-state index in [1.165, 1.54) is 0 Å². The number of hydrogen-bond acceptors (Lipinski definition) is 4. The molecular weight excluding hydrogens is 362 g/mol. The zero-order chi connectivity index (χ0) is 20.0. The van der Waals surface area contributed by atoms with Crippen LogP contribution in [0.15, 0.2) is 59.3 Å². The Morgan fingerprint density at radius 1 is 1.19 bits per heavy atom. The molecule has 0 fully saturated rings. The number of ether oxygens (including phenoxy) is 1. The SMILES string of the molecule is C=N/C(=C(/NC(=O)OC(C)c1ccccc1Cl)N(C)C)c1ccc(C)cc1. The number of amides is 1. The number of rotatable bonds is 6. The van der Waals surface area contributed by atoms with E-state index in [9.17, 15) is 4.79 Å². The molecule has 1 atom stereocenters. The molecule has 0 saturated heterocycles. The fourth-order valence-corrected chi connectivity index (χ4v) is 2.84. The van der Waals surface area contributed by atoms with Crippen LogP contribution < -0.4 is 5.32 Å². The van der Waals surface area contributed by atoms with Crippen LogP contribution in [0.5, 0.6) is 0 Å². The molecule has 1 unspecified atom stereocenters. The van der Waals surface area contributed by atoms with E-state index in [1.54, 1.807) is 17.9 Å². The molecule has 6 heteroatoms. The lowest BCUT2D eigenvalue weighted by atomic mass is 10.1. The fraction of sp³-hybridized carbons (Fsp3) is 0.238. The Balaban J connectivity index is 2.24. The average Bonchev–Trinajstić information content (AvgIpc) is 2.63. The van der Waals surface area contributed by atoms with Crippen LogP contribution in [0.25, 0.3) is 5.70 Å². The highest BCUT2D eigenvalue weighted by atomic mass is 35.5. The molecule has 2 aromatic rings. The summed E-state index contributed by atoms with van der Waals surface area (Å²) in [6.45, 7) is 7.42. The summed E-state index contributed by atoms with van der Waals surface area (Å²) in [4.78, 5) is 18.3. The van der Waals surface area contributed by atoms with Crippen molar-refractivity contribution in [2.24, 2.45) is 4.99 Å². The van der Waals surface area contributed by atoms with Crippen molar-refractivity contribution in [2.45, 2.75) is 20.0 Å². The Bertz CT molecular complexity index is 845. The largest absolute Gasteiger partial charge is 0.441 e. The molecule has 0 heterocycles. The second-order valence-corrected chi connectivity index (χ2v) is 6.72. The summed E-state index contributed by atoms with van der Waals surface area (Å²) in [6, 6.07) is 15.1. The first-order valence-corrected chi connectivity index (χ1v) is 8.88. The summed E-state index contributed by atoms with van der Waals surface area (Å²) >= 11 is 6.17. The van der Waals surface area contributed by atoms with Crippen LogP contribution in [0.1, 0.15) is 29.7 Å². The molecule has 0 aliphatic heterocycles. The minimum atomic E-state index is -0.598. The minimum absolute atomic E-state index is 0.491. The lowest BCUT2D eigenvalue weighted by molar-refractivity contribution is 0.108. The number of benzene rings is 2. The molecule has 1 N–H and O–H groups in total. The van der Waals surface area contributed by atoms with E-state index in [0.717, 1.165) is 16.7 Å². The first-order chi connectivity index (χ1) is 12.8. The van der Waals surface area contributed by atoms with E-state index in [2.05, 4.69) is 17.0 Å². The fourth-order valence-electron chi connectivity index (χ4n) is 2.55. The van der Waals surface area contributed by atoms with E-state index >= 15 is 0 Å². The van der Waals surface area contributed by atoms with E-state index in [-0.39, 0.29) is 0 Å². The number of aliphatic imine (C=N–C) groups is 1. The van der Waals surface area contributed by atoms with E-state index in [4.69, 9.17) is 16.3 Å². The molecule has 0 aromatic heterocycles. The molecular formula is C21H24ClN3O2. The van der Waals surface area contributed by atoms with Crippen molar-refractivity contribution in [2.75, 3.05) is 14.1 Å². The van der Waals surface area contributed by atoms with Gasteiger partial charge in [0.25, 0.3) is 0 Å². The van der Waals surface area contributed by atoms with Crippen molar-refractivity contribution in [3.05, 3.63) is 76.1 Å². The Kier molecular flexibility index (Phi) is 7.02. The first-order valence-electron chi connectivity index (χ1n) is 8.51. The zero-order valence-corrected chi connectivity index (χ0v) is 16.7. The number of alkyl carbamates (subject to hydrolysis) is 1. The summed E-state index contributed by atoms with van der Waals surface area (Å²) in [7, 11) is 3.62. The quantitative estimate of drug-likeness (QED) is 0.710. The van der Waals surface area contributed by atoms with Crippen LogP contribution in [-0.2, 0) is 4.74 Å². The molecule has 5 nitrogen and oxygen atoms in total. The summed E-state index contributed by atoms with van der Waals surface area (Å²) in [5, 5.41) is 3.32. The number of carbonyl (C=O) groups is 1. The number of carbonyl (C=O) groups excluding carboxylic acids is 1. The van der Waals surface area contributed by atoms with Gasteiger partial charge in [0, 0.05) is 30.2 Å². The van der Waals surface area contributed by atoms with Gasteiger partial charge in [-0.2, -0.15) is 0 Å². The van der Waals surface area contributed by atoms with Crippen LogP contribution in [-0.4, -0.2) is 31.8 Å². The molecule has 0 spiro atoms. The van der Waals surface area contributed by atoms with Gasteiger partial charge in [-0.25, -0.2) is 4.79 Å². The van der Waals surface area contributed by atoms with Crippen molar-refractivity contribution >= 4 is 30.1 Å². The summed E-state index contributed by atoms with van der Waals surface area (Å²) in [5.41, 5.74) is 3.28. The predicted octanol–water partition coefficient (Wildman–Crippen LogP) is 5.02. The lowest BCUT2D eigenvalue weighted by Crippen LogP contribution is -2.33. The second-order valence-electron chi connectivity index (χ2n) is 6.31. The molecule has 0 aliphatic rings. The third kappa shape index (κ3) is 5.34. The number of hydrogen-bond donors (Lipinski definition) is 1. The Morgan fingerprint density at radius 3 is 2.37 bits per heavy atom. The molecule has 0 aliphatic carbocycles. The summed E-state index contributed by atoms with van der Waals surface area (Å²) < 4.78 is 5.49. The number of nitrogens with zero attached hydrogens (tertiary/aromatic N) is 2. The number of nitrogens with one attached hydrogen (secondary N) is 1. The smallest absolute Gasteiger partial charge is 0.413 e. The van der Waals surface area contributed by atoms with Gasteiger partial charge < -0.3 is 9.64 Å². The molecule has 0 radical (unpaired) electrons. The zero-order valence-electron chi connectivity index (χ0n) is 16.0. The van der Waals surface area contributed by atoms with Gasteiger partial charge >= 0.3 is 6.09 Å². The predicted molar refractivity (Wildman–Crippen MR) is 111 cm³/mol. The minimum Gasteiger partial charge on any atom is -0.441 e. The van der Waals surface area contributed by atoms with E-state index in [1.807, 2.05) is 63.5 Å². The van der Waals surface area contributed by atoms with Crippen LogP contribution in [0.3, 0.4) is 0 Å². The molecule has 2 aromatic carbocycles. The maximum absolute atomic E-state index is 12.5. The van der Waals surface area contributed by atoms with Gasteiger partial charge in [-0.3, -0.25) is 10.3 Å². The maximum Gasteiger partial charge on any atom is 0.413 e. The lowest BCUT2D eigenvalue weighted by Gasteiger charge is -2.22. The standard InChI is InChI=1S/C21H24ClN3O2/c1-14-10-12-16(13-11-14)19(23-3)20(25(4)5)24-21(26)27-15(2)17-8-6-7-9-18(17)22/h6-13,15H,3H2,1-2,4-5H3,(H,24,26)/b20-19-. The molecule has 1 amide bonds. The van der Waals surface area contributed by atoms with E-state index in [0.29, 0.717) is 16.5 Å². The third-order valence-corrected chi connectivity index (χ3v) is 4.35. The average molecular weight is 386 g/mol. The van der Waals surface area contributed by atoms with Gasteiger partial charge in [0.05, 0.1) is 0 Å². The van der Waals surface area contributed by atoms with Crippen molar-refractivity contribution in [1.29, 1.82) is 0 Å². The number of aryl methyl sites for hydroxylation is 1. The second kappa shape index (κ2) is 9.24. The normalized spacial score (nSPS) is 12.6. The molecule has 0 saturated carbocycles. The maximum atomic E-state index is 12.5. The molecule has 2 rings (SSSR count). The van der Waals surface area contributed by atoms with Crippen molar-refractivity contribution in [3.63, 3.8) is 0 Å². The molecule has 0 bridgehead atoms. The molecule has 27 heavy (non-hydrogen) atoms. The van der Waals surface area contributed by atoms with Gasteiger partial charge in [0.2, 0.25) is 0 Å². The Hall–Kier alpha value is -2.79. The summed E-state index contributed by atoms with van der Waals surface area (Å²) in [6.07, 6.45) is -1.10. The van der Waals surface area contributed by atoms with Crippen molar-refractivity contribution in [3.8, 4) is 0 Å². The summed E-state index contributed by atoms with van der Waals surface area (Å²) in [5.74, 6) is 0.491. The van der Waals surface area contributed by atoms with Gasteiger partial charge in [-0.15, -0.1) is 0 Å². The van der Waals surface area contributed by atoms with Gasteiger partial charge in [0.1, 0.15) is 17.6 Å². The Labute approximate surface area is 165 Å². The highest BCUT2D eigenvalue weighted by Gasteiger charge is 2.18. The van der Waals surface area contributed by atoms with E-state index < -0.39 is 12.2 Å². The van der Waals surface area contributed by atoms with Crippen molar-refractivity contribution < 1.29 is 9.53 Å². The highest BCUT2D eigenvalue weighted by Crippen LogP contribution is 2.25. The number of halogens is 1. The Morgan fingerprint density at radius 2 is 1.81 bits per heavy atom. The monoisotopic (exact) mass is 385 g/mol. The van der Waals surface area contributed by atoms with Gasteiger partial charge in [-0.1, -0.05) is 59.6 Å². The van der Waals surface area contributed by atoms with Crippen LogP contribution in [0, 0.1) is 6.92 Å². The third-order valence-electron chi connectivity index (χ3n) is 4.00. The first kappa shape index (κ1) is 20.5.